The molecule has 29 heavy (non-hydrogen) atoms. The van der Waals surface area contributed by atoms with Gasteiger partial charge in [-0.05, 0) is 58.8 Å². The minimum Gasteiger partial charge on any atom is -0.357 e. The van der Waals surface area contributed by atoms with E-state index in [1.807, 2.05) is 12.1 Å². The van der Waals surface area contributed by atoms with Crippen LogP contribution in [0.1, 0.15) is 59.1 Å². The molecule has 0 saturated heterocycles. The first-order chi connectivity index (χ1) is 14.0. The van der Waals surface area contributed by atoms with E-state index in [1.54, 1.807) is 17.4 Å². The number of rotatable bonds is 2. The molecule has 4 aromatic rings. The van der Waals surface area contributed by atoms with Gasteiger partial charge in [0.2, 0.25) is 0 Å². The molecule has 0 aliphatic heterocycles. The number of aromatic amines is 1. The van der Waals surface area contributed by atoms with Crippen molar-refractivity contribution < 1.29 is 4.79 Å². The lowest BCUT2D eigenvalue weighted by Gasteiger charge is -2.33. The minimum absolute atomic E-state index is 0.0673. The van der Waals surface area contributed by atoms with Gasteiger partial charge in [-0.15, -0.1) is 11.3 Å². The van der Waals surface area contributed by atoms with Crippen molar-refractivity contribution in [3.8, 4) is 16.5 Å². The predicted molar refractivity (Wildman–Crippen MR) is 118 cm³/mol. The van der Waals surface area contributed by atoms with Gasteiger partial charge < -0.3 is 4.98 Å². The summed E-state index contributed by atoms with van der Waals surface area (Å²) >= 11 is 1.73. The van der Waals surface area contributed by atoms with Crippen LogP contribution in [0.4, 0.5) is 0 Å². The topological polar surface area (TPSA) is 56.6 Å². The molecular weight excluding hydrogens is 376 g/mol. The van der Waals surface area contributed by atoms with E-state index in [9.17, 15) is 10.1 Å². The molecule has 0 bridgehead atoms. The minimum atomic E-state index is -0.345. The largest absolute Gasteiger partial charge is 0.357 e. The summed E-state index contributed by atoms with van der Waals surface area (Å²) < 4.78 is 0. The second-order valence-electron chi connectivity index (χ2n) is 8.09. The number of ketones is 1. The highest BCUT2D eigenvalue weighted by Crippen LogP contribution is 2.46. The molecule has 3 nitrogen and oxygen atoms in total. The number of nitriles is 1. The summed E-state index contributed by atoms with van der Waals surface area (Å²) in [4.78, 5) is 18.3. The lowest BCUT2D eigenvalue weighted by Crippen LogP contribution is -2.30. The zero-order valence-electron chi connectivity index (χ0n) is 16.6. The molecule has 4 heteroatoms. The van der Waals surface area contributed by atoms with Gasteiger partial charge in [0, 0.05) is 32.5 Å². The summed E-state index contributed by atoms with van der Waals surface area (Å²) in [6.45, 7) is 6.47. The van der Waals surface area contributed by atoms with Crippen molar-refractivity contribution in [3.63, 3.8) is 0 Å². The Morgan fingerprint density at radius 3 is 2.66 bits per heavy atom. The fourth-order valence-electron chi connectivity index (χ4n) is 4.54. The number of hydrogen-bond acceptors (Lipinski definition) is 3. The second kappa shape index (κ2) is 6.17. The fourth-order valence-corrected chi connectivity index (χ4v) is 5.32. The maximum Gasteiger partial charge on any atom is 0.195 e. The summed E-state index contributed by atoms with van der Waals surface area (Å²) in [5, 5.41) is 12.2. The number of carbonyl (C=O) groups is 1. The van der Waals surface area contributed by atoms with Crippen LogP contribution in [0.2, 0.25) is 0 Å². The highest BCUT2D eigenvalue weighted by molar-refractivity contribution is 7.13. The first kappa shape index (κ1) is 17.9. The van der Waals surface area contributed by atoms with Gasteiger partial charge in [0.25, 0.3) is 0 Å². The number of nitrogens with one attached hydrogen (secondary N) is 1. The van der Waals surface area contributed by atoms with Crippen LogP contribution in [0.25, 0.3) is 21.3 Å². The third kappa shape index (κ3) is 2.44. The summed E-state index contributed by atoms with van der Waals surface area (Å²) in [5.41, 5.74) is 7.04. The zero-order chi connectivity index (χ0) is 20.3. The smallest absolute Gasteiger partial charge is 0.195 e. The number of hydrogen-bond donors (Lipinski definition) is 1. The molecule has 2 aromatic carbocycles. The van der Waals surface area contributed by atoms with E-state index in [0.29, 0.717) is 5.56 Å². The predicted octanol–water partition coefficient (Wildman–Crippen LogP) is 6.20. The Morgan fingerprint density at radius 1 is 1.14 bits per heavy atom. The standard InChI is InChI=1S/C25H20N2OS/c1-4-15-11-18-19(12-17(15)21-6-5-9-29-21)25(2,3)24-22(23(18)28)16-8-7-14(13-26)10-20(16)27-24/h5-12,27H,4H2,1-3H3. The molecular formula is C25H20N2OS. The summed E-state index contributed by atoms with van der Waals surface area (Å²) in [5.74, 6) is 0.0673. The molecule has 0 fully saturated rings. The number of H-pyrrole nitrogens is 1. The lowest BCUT2D eigenvalue weighted by atomic mass is 9.70. The van der Waals surface area contributed by atoms with E-state index in [4.69, 9.17) is 0 Å². The third-order valence-corrected chi connectivity index (χ3v) is 7.01. The van der Waals surface area contributed by atoms with Crippen molar-refractivity contribution in [2.24, 2.45) is 0 Å². The maximum absolute atomic E-state index is 13.6. The van der Waals surface area contributed by atoms with Gasteiger partial charge in [0.15, 0.2) is 5.78 Å². The van der Waals surface area contributed by atoms with Crippen LogP contribution in [0.5, 0.6) is 0 Å². The Morgan fingerprint density at radius 2 is 1.97 bits per heavy atom. The van der Waals surface area contributed by atoms with Gasteiger partial charge in [-0.3, -0.25) is 4.79 Å². The molecule has 2 heterocycles. The molecule has 0 unspecified atom stereocenters. The van der Waals surface area contributed by atoms with E-state index in [1.165, 1.54) is 16.0 Å². The van der Waals surface area contributed by atoms with Crippen LogP contribution in [0.15, 0.2) is 47.8 Å². The van der Waals surface area contributed by atoms with Gasteiger partial charge in [-0.2, -0.15) is 5.26 Å². The SMILES string of the molecule is CCc1cc2c(cc1-c1cccs1)C(C)(C)c1[nH]c3cc(C#N)ccc3c1C2=O. The number of carbonyl (C=O) groups excluding carboxylic acids is 1. The van der Waals surface area contributed by atoms with Crippen molar-refractivity contribution in [1.82, 2.24) is 4.98 Å². The zero-order valence-corrected chi connectivity index (χ0v) is 17.4. The Labute approximate surface area is 173 Å². The number of thiophene rings is 1. The quantitative estimate of drug-likeness (QED) is 0.438. The number of nitrogens with zero attached hydrogens (tertiary/aromatic N) is 1. The Bertz CT molecular complexity index is 1330. The first-order valence-corrected chi connectivity index (χ1v) is 10.7. The van der Waals surface area contributed by atoms with Crippen LogP contribution in [-0.4, -0.2) is 10.8 Å². The van der Waals surface area contributed by atoms with E-state index in [0.717, 1.165) is 39.7 Å². The molecule has 2 aromatic heterocycles. The average Bonchev–Trinajstić information content (AvgIpc) is 3.39. The molecule has 1 aliphatic carbocycles. The van der Waals surface area contributed by atoms with Gasteiger partial charge >= 0.3 is 0 Å². The molecule has 1 N–H and O–H groups in total. The van der Waals surface area contributed by atoms with E-state index >= 15 is 0 Å². The highest BCUT2D eigenvalue weighted by Gasteiger charge is 2.40. The summed E-state index contributed by atoms with van der Waals surface area (Å²) in [7, 11) is 0. The van der Waals surface area contributed by atoms with Crippen molar-refractivity contribution >= 4 is 28.0 Å². The summed E-state index contributed by atoms with van der Waals surface area (Å²) in [6.07, 6.45) is 0.875. The van der Waals surface area contributed by atoms with E-state index in [2.05, 4.69) is 61.5 Å². The second-order valence-corrected chi connectivity index (χ2v) is 9.03. The Balaban J connectivity index is 1.81. The lowest BCUT2D eigenvalue weighted by molar-refractivity contribution is 0.103. The van der Waals surface area contributed by atoms with Crippen LogP contribution in [-0.2, 0) is 11.8 Å². The maximum atomic E-state index is 13.6. The van der Waals surface area contributed by atoms with Crippen molar-refractivity contribution in [2.45, 2.75) is 32.6 Å². The third-order valence-electron chi connectivity index (χ3n) is 6.11. The monoisotopic (exact) mass is 396 g/mol. The number of benzene rings is 2. The molecule has 0 amide bonds. The first-order valence-electron chi connectivity index (χ1n) is 9.78. The molecule has 1 aliphatic rings. The van der Waals surface area contributed by atoms with Crippen molar-refractivity contribution in [1.29, 1.82) is 5.26 Å². The fraction of sp³-hybridized carbons (Fsp3) is 0.200. The number of aryl methyl sites for hydroxylation is 1. The van der Waals surface area contributed by atoms with Gasteiger partial charge in [-0.25, -0.2) is 0 Å². The number of aromatic nitrogens is 1. The normalized spacial score (nSPS) is 14.5. The van der Waals surface area contributed by atoms with Crippen molar-refractivity contribution in [3.05, 3.63) is 81.4 Å². The van der Waals surface area contributed by atoms with Crippen LogP contribution >= 0.6 is 11.3 Å². The molecule has 5 rings (SSSR count). The van der Waals surface area contributed by atoms with Crippen LogP contribution < -0.4 is 0 Å². The number of fused-ring (bicyclic) bond motifs is 4. The van der Waals surface area contributed by atoms with Gasteiger partial charge in [0.05, 0.1) is 17.2 Å². The summed E-state index contributed by atoms with van der Waals surface area (Å²) in [6, 6.07) is 16.2. The highest BCUT2D eigenvalue weighted by atomic mass is 32.1. The van der Waals surface area contributed by atoms with Crippen LogP contribution in [0.3, 0.4) is 0 Å². The molecule has 142 valence electrons. The van der Waals surface area contributed by atoms with E-state index < -0.39 is 0 Å². The molecule has 0 radical (unpaired) electrons. The molecule has 0 spiro atoms. The van der Waals surface area contributed by atoms with E-state index in [-0.39, 0.29) is 11.2 Å². The molecule has 0 atom stereocenters. The van der Waals surface area contributed by atoms with Gasteiger partial charge in [-0.1, -0.05) is 32.9 Å². The van der Waals surface area contributed by atoms with Gasteiger partial charge in [0.1, 0.15) is 0 Å². The Hall–Kier alpha value is -3.16. The molecule has 0 saturated carbocycles. The van der Waals surface area contributed by atoms with Crippen LogP contribution in [0, 0.1) is 11.3 Å². The Kier molecular flexibility index (Phi) is 3.81. The average molecular weight is 397 g/mol. The van der Waals surface area contributed by atoms with Crippen molar-refractivity contribution in [2.75, 3.05) is 0 Å².